The van der Waals surface area contributed by atoms with Crippen molar-refractivity contribution in [3.05, 3.63) is 21.5 Å². The van der Waals surface area contributed by atoms with E-state index in [0.29, 0.717) is 18.0 Å². The molecule has 3 heterocycles. The van der Waals surface area contributed by atoms with Crippen molar-refractivity contribution in [1.29, 1.82) is 0 Å². The third kappa shape index (κ3) is 1.52. The van der Waals surface area contributed by atoms with Crippen molar-refractivity contribution in [3.63, 3.8) is 0 Å². The Morgan fingerprint density at radius 1 is 1.28 bits per heavy atom. The van der Waals surface area contributed by atoms with Crippen LogP contribution in [0.3, 0.4) is 0 Å². The van der Waals surface area contributed by atoms with E-state index in [4.69, 9.17) is 11.5 Å². The van der Waals surface area contributed by atoms with Crippen molar-refractivity contribution < 1.29 is 4.90 Å². The SMILES string of the molecule is C[NH+]1CCc2c(c(=O)[nH]c3nc(N)nc(N)c23)C1. The van der Waals surface area contributed by atoms with E-state index in [-0.39, 0.29) is 11.5 Å². The van der Waals surface area contributed by atoms with Crippen LogP contribution in [0.15, 0.2) is 4.79 Å². The van der Waals surface area contributed by atoms with Gasteiger partial charge in [-0.25, -0.2) is 0 Å². The minimum Gasteiger partial charge on any atom is -0.383 e. The van der Waals surface area contributed by atoms with Gasteiger partial charge in [0, 0.05) is 6.42 Å². The van der Waals surface area contributed by atoms with E-state index < -0.39 is 0 Å². The highest BCUT2D eigenvalue weighted by Gasteiger charge is 2.24. The number of nitrogens with two attached hydrogens (primary N) is 2. The molecule has 0 fully saturated rings. The second-order valence-electron chi connectivity index (χ2n) is 4.74. The van der Waals surface area contributed by atoms with Gasteiger partial charge in [-0.1, -0.05) is 0 Å². The predicted octanol–water partition coefficient (Wildman–Crippen LogP) is -1.95. The zero-order valence-electron chi connectivity index (χ0n) is 10.1. The normalized spacial score (nSPS) is 18.8. The number of nitrogens with zero attached hydrogens (tertiary/aromatic N) is 2. The molecule has 0 aromatic carbocycles. The summed E-state index contributed by atoms with van der Waals surface area (Å²) in [5.74, 6) is 0.415. The van der Waals surface area contributed by atoms with Crippen LogP contribution in [-0.4, -0.2) is 28.5 Å². The minimum atomic E-state index is -0.103. The average Bonchev–Trinajstić information content (AvgIpc) is 2.29. The topological polar surface area (TPSA) is 115 Å². The van der Waals surface area contributed by atoms with Crippen LogP contribution in [0.25, 0.3) is 11.0 Å². The van der Waals surface area contributed by atoms with Crippen LogP contribution in [0.1, 0.15) is 11.1 Å². The monoisotopic (exact) mass is 247 g/mol. The molecule has 18 heavy (non-hydrogen) atoms. The summed E-state index contributed by atoms with van der Waals surface area (Å²) in [5, 5.41) is 0.742. The van der Waals surface area contributed by atoms with Crippen molar-refractivity contribution in [2.24, 2.45) is 0 Å². The molecule has 6 N–H and O–H groups in total. The number of hydrogen-bond acceptors (Lipinski definition) is 5. The van der Waals surface area contributed by atoms with E-state index in [2.05, 4.69) is 22.0 Å². The maximum absolute atomic E-state index is 12.0. The quantitative estimate of drug-likeness (QED) is 0.432. The molecule has 0 radical (unpaired) electrons. The van der Waals surface area contributed by atoms with Crippen LogP contribution in [0.4, 0.5) is 11.8 Å². The molecule has 1 aliphatic heterocycles. The van der Waals surface area contributed by atoms with Crippen molar-refractivity contribution in [3.8, 4) is 0 Å². The Balaban J connectivity index is 2.41. The lowest BCUT2D eigenvalue weighted by Crippen LogP contribution is -3.08. The first-order chi connectivity index (χ1) is 8.56. The molecule has 1 atom stereocenters. The van der Waals surface area contributed by atoms with E-state index in [1.165, 1.54) is 4.90 Å². The van der Waals surface area contributed by atoms with Crippen molar-refractivity contribution in [2.75, 3.05) is 25.1 Å². The Morgan fingerprint density at radius 2 is 2.06 bits per heavy atom. The van der Waals surface area contributed by atoms with E-state index in [9.17, 15) is 4.79 Å². The zero-order valence-corrected chi connectivity index (χ0v) is 10.1. The standard InChI is InChI=1S/C11H14N6O/c1-17-3-2-5-6(4-17)10(18)15-9-7(5)8(12)14-11(13)16-9/h2-4H2,1H3,(H5,12,13,14,15,16,18)/p+1. The Kier molecular flexibility index (Phi) is 2.24. The van der Waals surface area contributed by atoms with Gasteiger partial charge in [0.2, 0.25) is 5.95 Å². The number of rotatable bonds is 0. The second kappa shape index (κ2) is 3.67. The highest BCUT2D eigenvalue weighted by Crippen LogP contribution is 2.23. The summed E-state index contributed by atoms with van der Waals surface area (Å²) in [5.41, 5.74) is 13.5. The zero-order chi connectivity index (χ0) is 12.9. The van der Waals surface area contributed by atoms with E-state index in [1.54, 1.807) is 0 Å². The molecule has 0 aliphatic carbocycles. The molecule has 2 aromatic rings. The second-order valence-corrected chi connectivity index (χ2v) is 4.74. The van der Waals surface area contributed by atoms with Crippen LogP contribution in [0.2, 0.25) is 0 Å². The van der Waals surface area contributed by atoms with E-state index >= 15 is 0 Å². The molecule has 0 bridgehead atoms. The number of nitrogen functional groups attached to an aromatic ring is 2. The molecule has 0 saturated carbocycles. The number of aromatic amines is 1. The van der Waals surface area contributed by atoms with Gasteiger partial charge in [0.05, 0.1) is 24.5 Å². The lowest BCUT2D eigenvalue weighted by atomic mass is 9.98. The van der Waals surface area contributed by atoms with Crippen LogP contribution in [-0.2, 0) is 13.0 Å². The Morgan fingerprint density at radius 3 is 2.83 bits per heavy atom. The van der Waals surface area contributed by atoms with Gasteiger partial charge < -0.3 is 21.4 Å². The maximum atomic E-state index is 12.0. The number of H-pyrrole nitrogens is 1. The largest absolute Gasteiger partial charge is 0.383 e. The summed E-state index contributed by atoms with van der Waals surface area (Å²) in [6.07, 6.45) is 0.805. The smallest absolute Gasteiger partial charge is 0.258 e. The van der Waals surface area contributed by atoms with E-state index in [0.717, 1.165) is 29.5 Å². The molecule has 0 spiro atoms. The fraction of sp³-hybridized carbons (Fsp3) is 0.364. The van der Waals surface area contributed by atoms with Gasteiger partial charge in [-0.3, -0.25) is 4.79 Å². The summed E-state index contributed by atoms with van der Waals surface area (Å²) in [7, 11) is 2.06. The molecule has 7 heteroatoms. The first kappa shape index (κ1) is 11.0. The molecule has 94 valence electrons. The van der Waals surface area contributed by atoms with Gasteiger partial charge in [-0.15, -0.1) is 0 Å². The summed E-state index contributed by atoms with van der Waals surface area (Å²) in [6.45, 7) is 1.67. The number of aromatic nitrogens is 3. The molecule has 0 saturated heterocycles. The van der Waals surface area contributed by atoms with Crippen LogP contribution in [0.5, 0.6) is 0 Å². The van der Waals surface area contributed by atoms with Gasteiger partial charge in [-0.2, -0.15) is 9.97 Å². The number of fused-ring (bicyclic) bond motifs is 3. The number of pyridine rings is 1. The fourth-order valence-corrected chi connectivity index (χ4v) is 2.55. The summed E-state index contributed by atoms with van der Waals surface area (Å²) in [6, 6.07) is 0. The summed E-state index contributed by atoms with van der Waals surface area (Å²) in [4.78, 5) is 24.1. The van der Waals surface area contributed by atoms with Gasteiger partial charge in [0.25, 0.3) is 5.56 Å². The average molecular weight is 247 g/mol. The third-order valence-electron chi connectivity index (χ3n) is 3.41. The van der Waals surface area contributed by atoms with Crippen LogP contribution in [0, 0.1) is 0 Å². The number of quaternary nitrogens is 1. The van der Waals surface area contributed by atoms with Crippen molar-refractivity contribution in [1.82, 2.24) is 15.0 Å². The molecular weight excluding hydrogens is 232 g/mol. The fourth-order valence-electron chi connectivity index (χ4n) is 2.55. The van der Waals surface area contributed by atoms with Crippen molar-refractivity contribution >= 4 is 22.8 Å². The maximum Gasteiger partial charge on any atom is 0.258 e. The predicted molar refractivity (Wildman–Crippen MR) is 68.1 cm³/mol. The minimum absolute atomic E-state index is 0.0779. The van der Waals surface area contributed by atoms with Gasteiger partial charge in [0.15, 0.2) is 0 Å². The van der Waals surface area contributed by atoms with Crippen molar-refractivity contribution in [2.45, 2.75) is 13.0 Å². The number of likely N-dealkylation sites (N-methyl/N-ethyl adjacent to an activating group) is 1. The van der Waals surface area contributed by atoms with Crippen LogP contribution >= 0.6 is 0 Å². The molecule has 1 aliphatic rings. The molecular formula is C11H15N6O+. The molecule has 0 amide bonds. The number of anilines is 2. The first-order valence-electron chi connectivity index (χ1n) is 5.84. The van der Waals surface area contributed by atoms with Gasteiger partial charge in [-0.05, 0) is 5.56 Å². The lowest BCUT2D eigenvalue weighted by molar-refractivity contribution is -0.895. The van der Waals surface area contributed by atoms with Crippen LogP contribution < -0.4 is 21.9 Å². The third-order valence-corrected chi connectivity index (χ3v) is 3.41. The molecule has 2 aromatic heterocycles. The Hall–Kier alpha value is -2.15. The lowest BCUT2D eigenvalue weighted by Gasteiger charge is -2.22. The highest BCUT2D eigenvalue weighted by molar-refractivity contribution is 5.90. The first-order valence-corrected chi connectivity index (χ1v) is 5.84. The number of nitrogens with one attached hydrogen (secondary N) is 2. The Labute approximate surface area is 103 Å². The molecule has 7 nitrogen and oxygen atoms in total. The highest BCUT2D eigenvalue weighted by atomic mass is 16.1. The summed E-state index contributed by atoms with van der Waals surface area (Å²) < 4.78 is 0. The molecule has 1 unspecified atom stereocenters. The number of hydrogen-bond donors (Lipinski definition) is 4. The van der Waals surface area contributed by atoms with Gasteiger partial charge >= 0.3 is 0 Å². The van der Waals surface area contributed by atoms with Gasteiger partial charge in [0.1, 0.15) is 18.0 Å². The summed E-state index contributed by atoms with van der Waals surface area (Å²) >= 11 is 0. The van der Waals surface area contributed by atoms with E-state index in [1.807, 2.05) is 0 Å². The Bertz CT molecular complexity index is 692. The molecule has 3 rings (SSSR count).